The van der Waals surface area contributed by atoms with Crippen molar-refractivity contribution in [3.8, 4) is 5.75 Å². The minimum absolute atomic E-state index is 0.0350. The van der Waals surface area contributed by atoms with Gasteiger partial charge in [-0.2, -0.15) is 0 Å². The Balaban J connectivity index is 1.47. The molecule has 32 heavy (non-hydrogen) atoms. The van der Waals surface area contributed by atoms with E-state index < -0.39 is 5.54 Å². The highest BCUT2D eigenvalue weighted by molar-refractivity contribution is 6.07. The molecule has 2 aliphatic heterocycles. The van der Waals surface area contributed by atoms with Crippen molar-refractivity contribution in [1.29, 1.82) is 0 Å². The molecule has 4 rings (SSSR count). The van der Waals surface area contributed by atoms with Crippen molar-refractivity contribution in [1.82, 2.24) is 14.7 Å². The number of nitrogens with zero attached hydrogens (tertiary/aromatic N) is 3. The first kappa shape index (κ1) is 23.1. The molecule has 0 unspecified atom stereocenters. The molecular formula is C26H39N3O3. The summed E-state index contributed by atoms with van der Waals surface area (Å²) >= 11 is 0. The number of unbranched alkanes of at least 4 members (excludes halogenated alkanes) is 1. The third-order valence-electron chi connectivity index (χ3n) is 7.79. The molecule has 3 amide bonds. The standard InChI is InChI=1S/C26H39N3O3/c1-3-4-16-29-25(31)28(19-21-10-6-5-7-11-21)24(30)26(29)14-17-27(18-15-26)20-22-12-8-9-13-23(22)32-2/h8-9,12-13,21H,3-7,10-11,14-20H2,1-2H3. The lowest BCUT2D eigenvalue weighted by Gasteiger charge is -2.42. The minimum Gasteiger partial charge on any atom is -0.496 e. The molecule has 1 aliphatic carbocycles. The number of carbonyl (C=O) groups excluding carboxylic acids is 2. The highest BCUT2D eigenvalue weighted by Crippen LogP contribution is 2.39. The van der Waals surface area contributed by atoms with Gasteiger partial charge in [0.05, 0.1) is 7.11 Å². The molecule has 1 aromatic carbocycles. The molecule has 1 aromatic rings. The second kappa shape index (κ2) is 10.2. The molecule has 6 heteroatoms. The van der Waals surface area contributed by atoms with Crippen LogP contribution in [-0.2, 0) is 11.3 Å². The summed E-state index contributed by atoms with van der Waals surface area (Å²) in [4.78, 5) is 33.1. The maximum absolute atomic E-state index is 13.7. The van der Waals surface area contributed by atoms with E-state index >= 15 is 0 Å². The number of ether oxygens (including phenoxy) is 1. The summed E-state index contributed by atoms with van der Waals surface area (Å²) in [6.45, 7) is 5.89. The molecule has 2 heterocycles. The first-order chi connectivity index (χ1) is 15.6. The number of carbonyl (C=O) groups is 2. The van der Waals surface area contributed by atoms with Crippen molar-refractivity contribution in [2.45, 2.75) is 76.8 Å². The highest BCUT2D eigenvalue weighted by atomic mass is 16.5. The maximum Gasteiger partial charge on any atom is 0.327 e. The van der Waals surface area contributed by atoms with Gasteiger partial charge in [-0.3, -0.25) is 14.6 Å². The molecule has 0 radical (unpaired) electrons. The molecule has 0 aromatic heterocycles. The van der Waals surface area contributed by atoms with Gasteiger partial charge in [-0.15, -0.1) is 0 Å². The lowest BCUT2D eigenvalue weighted by molar-refractivity contribution is -0.136. The van der Waals surface area contributed by atoms with Crippen LogP contribution in [0.15, 0.2) is 24.3 Å². The van der Waals surface area contributed by atoms with Crippen LogP contribution in [0.4, 0.5) is 4.79 Å². The number of hydrogen-bond donors (Lipinski definition) is 0. The summed E-state index contributed by atoms with van der Waals surface area (Å²) < 4.78 is 5.52. The minimum atomic E-state index is -0.641. The molecule has 2 saturated heterocycles. The Morgan fingerprint density at radius 1 is 1.06 bits per heavy atom. The fourth-order valence-corrected chi connectivity index (χ4v) is 5.84. The van der Waals surface area contributed by atoms with Gasteiger partial charge in [0.15, 0.2) is 0 Å². The summed E-state index contributed by atoms with van der Waals surface area (Å²) in [5, 5.41) is 0. The number of imide groups is 1. The quantitative estimate of drug-likeness (QED) is 0.550. The fourth-order valence-electron chi connectivity index (χ4n) is 5.84. The number of hydrogen-bond acceptors (Lipinski definition) is 4. The highest BCUT2D eigenvalue weighted by Gasteiger charge is 2.57. The topological polar surface area (TPSA) is 53.1 Å². The van der Waals surface area contributed by atoms with Crippen LogP contribution in [0.5, 0.6) is 5.75 Å². The van der Waals surface area contributed by atoms with Crippen LogP contribution in [0.2, 0.25) is 0 Å². The largest absolute Gasteiger partial charge is 0.496 e. The number of benzene rings is 1. The van der Waals surface area contributed by atoms with E-state index in [0.717, 1.165) is 63.9 Å². The lowest BCUT2D eigenvalue weighted by atomic mass is 9.85. The van der Waals surface area contributed by atoms with Gasteiger partial charge in [0.1, 0.15) is 11.3 Å². The van der Waals surface area contributed by atoms with E-state index in [-0.39, 0.29) is 11.9 Å². The van der Waals surface area contributed by atoms with Gasteiger partial charge in [-0.05, 0) is 44.1 Å². The summed E-state index contributed by atoms with van der Waals surface area (Å²) in [5.41, 5.74) is 0.527. The van der Waals surface area contributed by atoms with E-state index in [1.165, 1.54) is 24.8 Å². The van der Waals surface area contributed by atoms with E-state index in [9.17, 15) is 9.59 Å². The van der Waals surface area contributed by atoms with Crippen LogP contribution in [0.25, 0.3) is 0 Å². The Hall–Kier alpha value is -2.08. The maximum atomic E-state index is 13.7. The van der Waals surface area contributed by atoms with Gasteiger partial charge in [0, 0.05) is 38.3 Å². The summed E-state index contributed by atoms with van der Waals surface area (Å²) in [6, 6.07) is 8.09. The molecule has 176 valence electrons. The number of amides is 3. The molecule has 0 bridgehead atoms. The number of methoxy groups -OCH3 is 1. The van der Waals surface area contributed by atoms with Crippen LogP contribution in [0.1, 0.15) is 70.3 Å². The van der Waals surface area contributed by atoms with Gasteiger partial charge in [0.25, 0.3) is 5.91 Å². The van der Waals surface area contributed by atoms with Gasteiger partial charge < -0.3 is 9.64 Å². The average Bonchev–Trinajstić information content (AvgIpc) is 3.01. The van der Waals surface area contributed by atoms with Crippen LogP contribution in [0, 0.1) is 5.92 Å². The number of para-hydroxylation sites is 1. The summed E-state index contributed by atoms with van der Waals surface area (Å²) in [5.74, 6) is 1.45. The van der Waals surface area contributed by atoms with E-state index in [1.54, 1.807) is 12.0 Å². The number of rotatable bonds is 8. The number of urea groups is 1. The van der Waals surface area contributed by atoms with Crippen molar-refractivity contribution < 1.29 is 14.3 Å². The van der Waals surface area contributed by atoms with E-state index in [2.05, 4.69) is 17.9 Å². The first-order valence-corrected chi connectivity index (χ1v) is 12.6. The predicted molar refractivity (Wildman–Crippen MR) is 126 cm³/mol. The SMILES string of the molecule is CCCCN1C(=O)N(CC2CCCCC2)C(=O)C12CCN(Cc1ccccc1OC)CC2. The van der Waals surface area contributed by atoms with E-state index in [0.29, 0.717) is 19.0 Å². The Morgan fingerprint density at radius 3 is 2.47 bits per heavy atom. The zero-order valence-corrected chi connectivity index (χ0v) is 19.9. The third kappa shape index (κ3) is 4.52. The third-order valence-corrected chi connectivity index (χ3v) is 7.79. The van der Waals surface area contributed by atoms with Crippen molar-refractivity contribution in [3.05, 3.63) is 29.8 Å². The zero-order valence-electron chi connectivity index (χ0n) is 19.9. The van der Waals surface area contributed by atoms with Crippen molar-refractivity contribution in [3.63, 3.8) is 0 Å². The molecule has 6 nitrogen and oxygen atoms in total. The van der Waals surface area contributed by atoms with Crippen molar-refractivity contribution in [2.24, 2.45) is 5.92 Å². The van der Waals surface area contributed by atoms with Crippen LogP contribution in [-0.4, -0.2) is 65.5 Å². The van der Waals surface area contributed by atoms with Gasteiger partial charge in [0.2, 0.25) is 0 Å². The Kier molecular flexibility index (Phi) is 7.39. The molecule has 3 fully saturated rings. The molecule has 1 saturated carbocycles. The van der Waals surface area contributed by atoms with Gasteiger partial charge in [-0.25, -0.2) is 4.79 Å². The second-order valence-electron chi connectivity index (χ2n) is 9.83. The van der Waals surface area contributed by atoms with Crippen molar-refractivity contribution in [2.75, 3.05) is 33.3 Å². The van der Waals surface area contributed by atoms with E-state index in [4.69, 9.17) is 4.74 Å². The second-order valence-corrected chi connectivity index (χ2v) is 9.83. The van der Waals surface area contributed by atoms with Crippen LogP contribution >= 0.6 is 0 Å². The normalized spacial score (nSPS) is 22.2. The predicted octanol–water partition coefficient (Wildman–Crippen LogP) is 4.67. The van der Waals surface area contributed by atoms with Gasteiger partial charge >= 0.3 is 6.03 Å². The number of likely N-dealkylation sites (tertiary alicyclic amines) is 1. The van der Waals surface area contributed by atoms with Crippen LogP contribution < -0.4 is 4.74 Å². The summed E-state index contributed by atoms with van der Waals surface area (Å²) in [6.07, 6.45) is 9.44. The smallest absolute Gasteiger partial charge is 0.327 e. The Labute approximate surface area is 192 Å². The number of piperidine rings is 1. The lowest BCUT2D eigenvalue weighted by Crippen LogP contribution is -2.56. The Bertz CT molecular complexity index is 797. The van der Waals surface area contributed by atoms with Gasteiger partial charge in [-0.1, -0.05) is 50.8 Å². The Morgan fingerprint density at radius 2 is 1.78 bits per heavy atom. The van der Waals surface area contributed by atoms with Crippen LogP contribution in [0.3, 0.4) is 0 Å². The summed E-state index contributed by atoms with van der Waals surface area (Å²) in [7, 11) is 1.71. The molecule has 0 N–H and O–H groups in total. The van der Waals surface area contributed by atoms with Crippen molar-refractivity contribution >= 4 is 11.9 Å². The molecule has 3 aliphatic rings. The molecular weight excluding hydrogens is 402 g/mol. The first-order valence-electron chi connectivity index (χ1n) is 12.6. The monoisotopic (exact) mass is 441 g/mol. The fraction of sp³-hybridized carbons (Fsp3) is 0.692. The van der Waals surface area contributed by atoms with E-state index in [1.807, 2.05) is 23.1 Å². The molecule has 0 atom stereocenters. The zero-order chi connectivity index (χ0) is 22.6. The molecule has 1 spiro atoms. The average molecular weight is 442 g/mol.